The highest BCUT2D eigenvalue weighted by atomic mass is 16.6. The third kappa shape index (κ3) is 10.8. The van der Waals surface area contributed by atoms with Gasteiger partial charge in [-0.05, 0) is 0 Å². The van der Waals surface area contributed by atoms with Crippen molar-refractivity contribution in [3.8, 4) is 0 Å². The molecule has 1 N–H and O–H groups in total. The van der Waals surface area contributed by atoms with E-state index in [1.807, 2.05) is 0 Å². The number of hydrogen-bond donors (Lipinski definition) is 1. The van der Waals surface area contributed by atoms with Gasteiger partial charge in [0.15, 0.2) is 0 Å². The van der Waals surface area contributed by atoms with Gasteiger partial charge < -0.3 is 24.1 Å². The van der Waals surface area contributed by atoms with E-state index < -0.39 is 30.0 Å². The molecule has 0 aliphatic carbocycles. The molecule has 0 radical (unpaired) electrons. The first-order valence-electron chi connectivity index (χ1n) is 8.25. The lowest BCUT2D eigenvalue weighted by atomic mass is 10.2. The van der Waals surface area contributed by atoms with E-state index in [1.165, 1.54) is 7.11 Å². The minimum absolute atomic E-state index is 0.245. The van der Waals surface area contributed by atoms with Gasteiger partial charge in [0.25, 0.3) is 0 Å². The Labute approximate surface area is 156 Å². The maximum absolute atomic E-state index is 11.8. The summed E-state index contributed by atoms with van der Waals surface area (Å²) >= 11 is 0. The second kappa shape index (κ2) is 12.6. The van der Waals surface area contributed by atoms with Gasteiger partial charge in [-0.25, -0.2) is 19.2 Å². The zero-order chi connectivity index (χ0) is 20.1. The van der Waals surface area contributed by atoms with Crippen LogP contribution in [0.4, 0.5) is 0 Å². The molecule has 1 fully saturated rings. The minimum atomic E-state index is -1.28. The van der Waals surface area contributed by atoms with E-state index >= 15 is 0 Å². The average Bonchev–Trinajstić information content (AvgIpc) is 2.67. The number of carboxylic acids is 1. The second-order valence-electron chi connectivity index (χ2n) is 5.46. The summed E-state index contributed by atoms with van der Waals surface area (Å²) in [6.45, 7) is 3.05. The van der Waals surface area contributed by atoms with Crippen molar-refractivity contribution in [2.75, 3.05) is 46.6 Å². The van der Waals surface area contributed by atoms with E-state index in [0.29, 0.717) is 32.3 Å². The first-order valence-corrected chi connectivity index (χ1v) is 8.25. The normalized spacial score (nSPS) is 16.2. The van der Waals surface area contributed by atoms with Crippen LogP contribution in [0.1, 0.15) is 6.42 Å². The predicted octanol–water partition coefficient (Wildman–Crippen LogP) is -0.466. The topological polar surface area (TPSA) is 129 Å². The Bertz CT molecular complexity index is 579. The Balaban J connectivity index is 2.56. The van der Waals surface area contributed by atoms with Gasteiger partial charge in [0, 0.05) is 50.4 Å². The van der Waals surface area contributed by atoms with E-state index in [-0.39, 0.29) is 6.61 Å². The Hall–Kier alpha value is -2.72. The summed E-state index contributed by atoms with van der Waals surface area (Å²) in [7, 11) is 1.17. The molecule has 10 nitrogen and oxygen atoms in total. The Morgan fingerprint density at radius 2 is 1.67 bits per heavy atom. The summed E-state index contributed by atoms with van der Waals surface area (Å²) in [5, 5.41) is 8.49. The third-order valence-corrected chi connectivity index (χ3v) is 3.48. The SMILES string of the molecule is COC(=O)C=CC(=O)OC(CCN1CCOCC1)COC(=O)C=CC(=O)O. The molecule has 0 aromatic carbocycles. The fourth-order valence-corrected chi connectivity index (χ4v) is 2.10. The van der Waals surface area contributed by atoms with Crippen LogP contribution in [0, 0.1) is 0 Å². The molecule has 0 aromatic heterocycles. The molecule has 0 saturated carbocycles. The molecule has 1 heterocycles. The van der Waals surface area contributed by atoms with Crippen molar-refractivity contribution in [3.63, 3.8) is 0 Å². The summed E-state index contributed by atoms with van der Waals surface area (Å²) in [4.78, 5) is 46.8. The molecule has 1 rings (SSSR count). The number of nitrogens with zero attached hydrogens (tertiary/aromatic N) is 1. The van der Waals surface area contributed by atoms with Crippen molar-refractivity contribution in [2.45, 2.75) is 12.5 Å². The number of carboxylic acid groups (broad SMARTS) is 1. The van der Waals surface area contributed by atoms with Crippen molar-refractivity contribution >= 4 is 23.9 Å². The molecule has 10 heteroatoms. The second-order valence-corrected chi connectivity index (χ2v) is 5.46. The molecule has 0 spiro atoms. The summed E-state index contributed by atoms with van der Waals surface area (Å²) in [6, 6.07) is 0. The third-order valence-electron chi connectivity index (χ3n) is 3.48. The van der Waals surface area contributed by atoms with Gasteiger partial charge in [0.05, 0.1) is 20.3 Å². The summed E-state index contributed by atoms with van der Waals surface area (Å²) in [5.41, 5.74) is 0. The van der Waals surface area contributed by atoms with Crippen molar-refractivity contribution in [2.24, 2.45) is 0 Å². The van der Waals surface area contributed by atoms with Gasteiger partial charge in [-0.3, -0.25) is 4.90 Å². The summed E-state index contributed by atoms with van der Waals surface area (Å²) < 4.78 is 19.8. The molecule has 1 aliphatic heterocycles. The molecule has 0 aromatic rings. The number of methoxy groups -OCH3 is 1. The van der Waals surface area contributed by atoms with E-state index in [1.54, 1.807) is 0 Å². The van der Waals surface area contributed by atoms with Gasteiger partial charge >= 0.3 is 23.9 Å². The van der Waals surface area contributed by atoms with Crippen LogP contribution in [0.2, 0.25) is 0 Å². The van der Waals surface area contributed by atoms with Crippen molar-refractivity contribution in [1.29, 1.82) is 0 Å². The molecule has 0 bridgehead atoms. The predicted molar refractivity (Wildman–Crippen MR) is 90.6 cm³/mol. The van der Waals surface area contributed by atoms with Crippen LogP contribution in [0.15, 0.2) is 24.3 Å². The van der Waals surface area contributed by atoms with Crippen molar-refractivity contribution < 1.29 is 43.2 Å². The zero-order valence-electron chi connectivity index (χ0n) is 15.0. The van der Waals surface area contributed by atoms with E-state index in [9.17, 15) is 19.2 Å². The van der Waals surface area contributed by atoms with Gasteiger partial charge in [0.2, 0.25) is 0 Å². The number of aliphatic carboxylic acids is 1. The van der Waals surface area contributed by atoms with Gasteiger partial charge in [0.1, 0.15) is 12.7 Å². The van der Waals surface area contributed by atoms with Crippen LogP contribution >= 0.6 is 0 Å². The standard InChI is InChI=1S/C17H23NO9/c1-24-15(21)4-5-17(23)27-13(6-7-18-8-10-25-11-9-18)12-26-16(22)3-2-14(19)20/h2-5,13H,6-12H2,1H3,(H,19,20). The van der Waals surface area contributed by atoms with Crippen LogP contribution in [0.25, 0.3) is 0 Å². The Morgan fingerprint density at radius 1 is 1.04 bits per heavy atom. The summed E-state index contributed by atoms with van der Waals surface area (Å²) in [6.07, 6.45) is 2.87. The number of rotatable bonds is 10. The molecular weight excluding hydrogens is 362 g/mol. The maximum atomic E-state index is 11.8. The molecule has 1 aliphatic rings. The highest BCUT2D eigenvalue weighted by molar-refractivity contribution is 5.92. The van der Waals surface area contributed by atoms with Gasteiger partial charge in [-0.1, -0.05) is 0 Å². The molecule has 27 heavy (non-hydrogen) atoms. The number of esters is 3. The monoisotopic (exact) mass is 385 g/mol. The fourth-order valence-electron chi connectivity index (χ4n) is 2.10. The quantitative estimate of drug-likeness (QED) is 0.299. The lowest BCUT2D eigenvalue weighted by Crippen LogP contribution is -2.39. The van der Waals surface area contributed by atoms with Crippen LogP contribution in [0.5, 0.6) is 0 Å². The highest BCUT2D eigenvalue weighted by Gasteiger charge is 2.18. The van der Waals surface area contributed by atoms with Crippen LogP contribution < -0.4 is 0 Å². The molecule has 1 saturated heterocycles. The lowest BCUT2D eigenvalue weighted by molar-refractivity contribution is -0.153. The smallest absolute Gasteiger partial charge is 0.331 e. The molecule has 1 atom stereocenters. The Kier molecular flexibility index (Phi) is 10.4. The molecule has 150 valence electrons. The number of hydrogen-bond acceptors (Lipinski definition) is 9. The van der Waals surface area contributed by atoms with E-state index in [4.69, 9.17) is 19.3 Å². The van der Waals surface area contributed by atoms with Crippen molar-refractivity contribution in [1.82, 2.24) is 4.90 Å². The number of carbonyl (C=O) groups is 4. The molecule has 0 amide bonds. The van der Waals surface area contributed by atoms with Crippen LogP contribution in [-0.2, 0) is 38.1 Å². The van der Waals surface area contributed by atoms with Crippen molar-refractivity contribution in [3.05, 3.63) is 24.3 Å². The number of ether oxygens (including phenoxy) is 4. The molecular formula is C17H23NO9. The number of carbonyl (C=O) groups excluding carboxylic acids is 3. The molecule has 1 unspecified atom stereocenters. The largest absolute Gasteiger partial charge is 0.478 e. The average molecular weight is 385 g/mol. The van der Waals surface area contributed by atoms with E-state index in [0.717, 1.165) is 31.3 Å². The van der Waals surface area contributed by atoms with E-state index in [2.05, 4.69) is 9.64 Å². The summed E-state index contributed by atoms with van der Waals surface area (Å²) in [5.74, 6) is -3.64. The van der Waals surface area contributed by atoms with Crippen LogP contribution in [-0.4, -0.2) is 86.6 Å². The fraction of sp³-hybridized carbons (Fsp3) is 0.529. The Morgan fingerprint density at radius 3 is 2.30 bits per heavy atom. The first kappa shape index (κ1) is 22.3. The van der Waals surface area contributed by atoms with Crippen LogP contribution in [0.3, 0.4) is 0 Å². The van der Waals surface area contributed by atoms with Gasteiger partial charge in [-0.2, -0.15) is 0 Å². The van der Waals surface area contributed by atoms with Gasteiger partial charge in [-0.15, -0.1) is 0 Å². The highest BCUT2D eigenvalue weighted by Crippen LogP contribution is 2.06. The minimum Gasteiger partial charge on any atom is -0.478 e. The lowest BCUT2D eigenvalue weighted by Gasteiger charge is -2.28. The maximum Gasteiger partial charge on any atom is 0.331 e. The number of morpholine rings is 1. The zero-order valence-corrected chi connectivity index (χ0v) is 15.0. The first-order chi connectivity index (χ1) is 12.9.